The number of hydrogen-bond acceptors (Lipinski definition) is 2. The lowest BCUT2D eigenvalue weighted by molar-refractivity contribution is 0.405. The van der Waals surface area contributed by atoms with Gasteiger partial charge in [0, 0.05) is 11.1 Å². The SMILES string of the molecule is COC(=N/C(=C\c1ccccc1)c1ccccc1)c1ccccc1. The molecule has 0 radical (unpaired) electrons. The van der Waals surface area contributed by atoms with Gasteiger partial charge < -0.3 is 4.74 Å². The van der Waals surface area contributed by atoms with Crippen LogP contribution in [-0.2, 0) is 4.74 Å². The van der Waals surface area contributed by atoms with E-state index in [0.717, 1.165) is 22.4 Å². The zero-order valence-electron chi connectivity index (χ0n) is 13.6. The fourth-order valence-corrected chi connectivity index (χ4v) is 2.41. The van der Waals surface area contributed by atoms with Gasteiger partial charge in [0.15, 0.2) is 0 Å². The molecule has 3 aromatic rings. The molecule has 0 fully saturated rings. The summed E-state index contributed by atoms with van der Waals surface area (Å²) in [4.78, 5) is 4.79. The molecule has 3 rings (SSSR count). The van der Waals surface area contributed by atoms with Crippen LogP contribution >= 0.6 is 0 Å². The van der Waals surface area contributed by atoms with E-state index in [1.165, 1.54) is 0 Å². The first-order chi connectivity index (χ1) is 11.9. The number of ether oxygens (including phenoxy) is 1. The molecule has 0 aliphatic heterocycles. The van der Waals surface area contributed by atoms with Crippen molar-refractivity contribution in [3.05, 3.63) is 108 Å². The molecule has 0 saturated carbocycles. The first-order valence-corrected chi connectivity index (χ1v) is 7.87. The van der Waals surface area contributed by atoms with Gasteiger partial charge >= 0.3 is 0 Å². The van der Waals surface area contributed by atoms with E-state index in [0.29, 0.717) is 5.90 Å². The number of rotatable bonds is 4. The van der Waals surface area contributed by atoms with E-state index in [-0.39, 0.29) is 0 Å². The predicted molar refractivity (Wildman–Crippen MR) is 101 cm³/mol. The van der Waals surface area contributed by atoms with Gasteiger partial charge in [0.05, 0.1) is 12.8 Å². The Kier molecular flexibility index (Phi) is 5.21. The molecule has 2 nitrogen and oxygen atoms in total. The molecule has 0 heterocycles. The Bertz CT molecular complexity index is 822. The lowest BCUT2D eigenvalue weighted by Crippen LogP contribution is -2.03. The molecule has 0 unspecified atom stereocenters. The third kappa shape index (κ3) is 3.99. The van der Waals surface area contributed by atoms with E-state index in [4.69, 9.17) is 9.73 Å². The van der Waals surface area contributed by atoms with Crippen LogP contribution in [0.1, 0.15) is 16.7 Å². The highest BCUT2D eigenvalue weighted by atomic mass is 16.5. The van der Waals surface area contributed by atoms with Crippen LogP contribution in [0.25, 0.3) is 11.8 Å². The van der Waals surface area contributed by atoms with Crippen molar-refractivity contribution in [2.45, 2.75) is 0 Å². The molecule has 0 amide bonds. The van der Waals surface area contributed by atoms with E-state index in [9.17, 15) is 0 Å². The molecule has 0 aromatic heterocycles. The summed E-state index contributed by atoms with van der Waals surface area (Å²) in [5.74, 6) is 0.599. The average Bonchev–Trinajstić information content (AvgIpc) is 2.67. The van der Waals surface area contributed by atoms with Crippen LogP contribution in [0.15, 0.2) is 96.0 Å². The molecular weight excluding hydrogens is 294 g/mol. The fourth-order valence-electron chi connectivity index (χ4n) is 2.41. The van der Waals surface area contributed by atoms with Crippen molar-refractivity contribution in [2.75, 3.05) is 7.11 Å². The van der Waals surface area contributed by atoms with Crippen molar-refractivity contribution >= 4 is 17.7 Å². The second kappa shape index (κ2) is 7.93. The summed E-state index contributed by atoms with van der Waals surface area (Å²) >= 11 is 0. The van der Waals surface area contributed by atoms with Crippen LogP contribution in [-0.4, -0.2) is 13.0 Å². The Morgan fingerprint density at radius 1 is 0.708 bits per heavy atom. The zero-order chi connectivity index (χ0) is 16.6. The predicted octanol–water partition coefficient (Wildman–Crippen LogP) is 5.28. The van der Waals surface area contributed by atoms with E-state index < -0.39 is 0 Å². The Balaban J connectivity index is 2.08. The Morgan fingerprint density at radius 2 is 1.21 bits per heavy atom. The summed E-state index contributed by atoms with van der Waals surface area (Å²) < 4.78 is 5.54. The van der Waals surface area contributed by atoms with Gasteiger partial charge in [-0.2, -0.15) is 0 Å². The molecule has 24 heavy (non-hydrogen) atoms. The number of aliphatic imine (C=N–C) groups is 1. The number of benzene rings is 3. The van der Waals surface area contributed by atoms with Crippen molar-refractivity contribution in [2.24, 2.45) is 4.99 Å². The second-order valence-electron chi connectivity index (χ2n) is 5.29. The standard InChI is InChI=1S/C22H19NO/c1-24-22(20-15-9-4-10-16-20)23-21(19-13-7-3-8-14-19)17-18-11-5-2-6-12-18/h2-17H,1H3/b21-17-,23-22?. The van der Waals surface area contributed by atoms with Crippen LogP contribution in [0.3, 0.4) is 0 Å². The smallest absolute Gasteiger partial charge is 0.221 e. The van der Waals surface area contributed by atoms with E-state index in [1.54, 1.807) is 7.11 Å². The normalized spacial score (nSPS) is 12.0. The minimum Gasteiger partial charge on any atom is -0.481 e. The van der Waals surface area contributed by atoms with E-state index in [2.05, 4.69) is 30.3 Å². The van der Waals surface area contributed by atoms with Gasteiger partial charge in [-0.05, 0) is 23.8 Å². The molecule has 0 spiro atoms. The van der Waals surface area contributed by atoms with Crippen LogP contribution in [0.5, 0.6) is 0 Å². The zero-order valence-corrected chi connectivity index (χ0v) is 13.6. The Hall–Kier alpha value is -3.13. The highest BCUT2D eigenvalue weighted by Crippen LogP contribution is 2.21. The lowest BCUT2D eigenvalue weighted by atomic mass is 10.1. The molecule has 0 saturated heterocycles. The van der Waals surface area contributed by atoms with Crippen LogP contribution < -0.4 is 0 Å². The molecular formula is C22H19NO. The Labute approximate surface area is 142 Å². The van der Waals surface area contributed by atoms with E-state index >= 15 is 0 Å². The van der Waals surface area contributed by atoms with Gasteiger partial charge in [-0.25, -0.2) is 4.99 Å². The van der Waals surface area contributed by atoms with Crippen LogP contribution in [0.2, 0.25) is 0 Å². The maximum atomic E-state index is 5.54. The molecule has 0 aliphatic rings. The number of nitrogens with zero attached hydrogens (tertiary/aromatic N) is 1. The highest BCUT2D eigenvalue weighted by molar-refractivity contribution is 5.99. The monoisotopic (exact) mass is 313 g/mol. The molecule has 3 aromatic carbocycles. The number of methoxy groups -OCH3 is 1. The van der Waals surface area contributed by atoms with Crippen molar-refractivity contribution < 1.29 is 4.74 Å². The van der Waals surface area contributed by atoms with Gasteiger partial charge in [0.2, 0.25) is 5.90 Å². The molecule has 0 N–H and O–H groups in total. The summed E-state index contributed by atoms with van der Waals surface area (Å²) in [6, 6.07) is 30.2. The first-order valence-electron chi connectivity index (χ1n) is 7.87. The van der Waals surface area contributed by atoms with Crippen LogP contribution in [0, 0.1) is 0 Å². The maximum absolute atomic E-state index is 5.54. The average molecular weight is 313 g/mol. The molecule has 2 heteroatoms. The Morgan fingerprint density at radius 3 is 1.75 bits per heavy atom. The largest absolute Gasteiger partial charge is 0.481 e. The summed E-state index contributed by atoms with van der Waals surface area (Å²) in [6.45, 7) is 0. The second-order valence-corrected chi connectivity index (χ2v) is 5.29. The van der Waals surface area contributed by atoms with Gasteiger partial charge in [-0.1, -0.05) is 78.9 Å². The summed E-state index contributed by atoms with van der Waals surface area (Å²) in [5.41, 5.74) is 3.97. The van der Waals surface area contributed by atoms with Gasteiger partial charge in [0.1, 0.15) is 0 Å². The summed E-state index contributed by atoms with van der Waals surface area (Å²) in [5, 5.41) is 0. The topological polar surface area (TPSA) is 21.6 Å². The minimum atomic E-state index is 0.599. The van der Waals surface area contributed by atoms with Gasteiger partial charge in [0.25, 0.3) is 0 Å². The third-order valence-corrected chi connectivity index (χ3v) is 3.61. The highest BCUT2D eigenvalue weighted by Gasteiger charge is 2.06. The quantitative estimate of drug-likeness (QED) is 0.365. The van der Waals surface area contributed by atoms with Crippen LogP contribution in [0.4, 0.5) is 0 Å². The molecule has 118 valence electrons. The minimum absolute atomic E-state index is 0.599. The fraction of sp³-hybridized carbons (Fsp3) is 0.0455. The summed E-state index contributed by atoms with van der Waals surface area (Å²) in [7, 11) is 1.65. The molecule has 0 bridgehead atoms. The third-order valence-electron chi connectivity index (χ3n) is 3.61. The van der Waals surface area contributed by atoms with E-state index in [1.807, 2.05) is 66.7 Å². The number of hydrogen-bond donors (Lipinski definition) is 0. The van der Waals surface area contributed by atoms with Crippen molar-refractivity contribution in [3.8, 4) is 0 Å². The van der Waals surface area contributed by atoms with Gasteiger partial charge in [-0.3, -0.25) is 0 Å². The van der Waals surface area contributed by atoms with Crippen molar-refractivity contribution in [1.29, 1.82) is 0 Å². The molecule has 0 aliphatic carbocycles. The van der Waals surface area contributed by atoms with Crippen molar-refractivity contribution in [1.82, 2.24) is 0 Å². The molecule has 0 atom stereocenters. The van der Waals surface area contributed by atoms with Gasteiger partial charge in [-0.15, -0.1) is 0 Å². The summed E-state index contributed by atoms with van der Waals surface area (Å²) in [6.07, 6.45) is 2.07. The maximum Gasteiger partial charge on any atom is 0.221 e. The lowest BCUT2D eigenvalue weighted by Gasteiger charge is -2.08. The van der Waals surface area contributed by atoms with Crippen molar-refractivity contribution in [3.63, 3.8) is 0 Å². The first kappa shape index (κ1) is 15.8.